The number of carbonyl (C=O) groups is 2. The van der Waals surface area contributed by atoms with Gasteiger partial charge in [0.25, 0.3) is 0 Å². The minimum atomic E-state index is -0.584. The van der Waals surface area contributed by atoms with E-state index in [4.69, 9.17) is 4.74 Å². The number of amides is 2. The third kappa shape index (κ3) is 3.65. The van der Waals surface area contributed by atoms with Crippen LogP contribution in [0.15, 0.2) is 30.3 Å². The number of halogens is 1. The average molecular weight is 360 g/mol. The van der Waals surface area contributed by atoms with E-state index in [0.717, 1.165) is 30.4 Å². The molecule has 5 nitrogen and oxygen atoms in total. The van der Waals surface area contributed by atoms with Crippen molar-refractivity contribution in [1.82, 2.24) is 10.2 Å². The molecule has 0 saturated heterocycles. The number of methoxy groups -OCH3 is 1. The molecule has 1 aromatic carbocycles. The van der Waals surface area contributed by atoms with E-state index in [9.17, 15) is 14.0 Å². The standard InChI is InChI=1S/C20H25FN2O3/c1-14(20(26-2)10-3-11-20)22-18(24)19(25)23-12-8-16(9-13-23)15-4-6-17(21)7-5-15/h4-8,14H,3,9-13H2,1-2H3,(H,22,24). The van der Waals surface area contributed by atoms with Crippen LogP contribution in [-0.4, -0.2) is 48.6 Å². The molecular weight excluding hydrogens is 335 g/mol. The minimum Gasteiger partial charge on any atom is -0.376 e. The second kappa shape index (κ2) is 7.58. The summed E-state index contributed by atoms with van der Waals surface area (Å²) in [6.45, 7) is 2.73. The Morgan fingerprint density at radius 1 is 1.27 bits per heavy atom. The van der Waals surface area contributed by atoms with E-state index in [0.29, 0.717) is 19.5 Å². The van der Waals surface area contributed by atoms with Gasteiger partial charge in [0.2, 0.25) is 0 Å². The zero-order valence-corrected chi connectivity index (χ0v) is 15.3. The van der Waals surface area contributed by atoms with E-state index in [-0.39, 0.29) is 17.5 Å². The van der Waals surface area contributed by atoms with Gasteiger partial charge in [-0.25, -0.2) is 4.39 Å². The molecule has 6 heteroatoms. The number of nitrogens with one attached hydrogen (secondary N) is 1. The summed E-state index contributed by atoms with van der Waals surface area (Å²) in [5, 5.41) is 2.80. The normalized spacial score (nSPS) is 20.0. The van der Waals surface area contributed by atoms with E-state index in [1.54, 1.807) is 19.2 Å². The van der Waals surface area contributed by atoms with Crippen LogP contribution in [0.25, 0.3) is 5.57 Å². The van der Waals surface area contributed by atoms with E-state index in [1.807, 2.05) is 13.0 Å². The number of ether oxygens (including phenoxy) is 1. The van der Waals surface area contributed by atoms with Crippen LogP contribution in [0.2, 0.25) is 0 Å². The average Bonchev–Trinajstić information content (AvgIpc) is 2.61. The number of benzene rings is 1. The van der Waals surface area contributed by atoms with Crippen molar-refractivity contribution in [1.29, 1.82) is 0 Å². The minimum absolute atomic E-state index is 0.201. The fourth-order valence-electron chi connectivity index (χ4n) is 3.65. The van der Waals surface area contributed by atoms with Crippen LogP contribution >= 0.6 is 0 Å². The summed E-state index contributed by atoms with van der Waals surface area (Å²) in [5.74, 6) is -1.37. The summed E-state index contributed by atoms with van der Waals surface area (Å²) < 4.78 is 18.6. The predicted molar refractivity (Wildman–Crippen MR) is 96.8 cm³/mol. The lowest BCUT2D eigenvalue weighted by molar-refractivity contribution is -0.148. The number of carbonyl (C=O) groups excluding carboxylic acids is 2. The van der Waals surface area contributed by atoms with Gasteiger partial charge in [-0.2, -0.15) is 0 Å². The Bertz CT molecular complexity index is 705. The van der Waals surface area contributed by atoms with E-state index >= 15 is 0 Å². The predicted octanol–water partition coefficient (Wildman–Crippen LogP) is 2.52. The van der Waals surface area contributed by atoms with Crippen molar-refractivity contribution in [2.75, 3.05) is 20.2 Å². The lowest BCUT2D eigenvalue weighted by atomic mass is 9.75. The van der Waals surface area contributed by atoms with Crippen LogP contribution in [0.3, 0.4) is 0 Å². The molecule has 2 aliphatic rings. The van der Waals surface area contributed by atoms with Crippen molar-refractivity contribution >= 4 is 17.4 Å². The van der Waals surface area contributed by atoms with E-state index in [1.165, 1.54) is 17.0 Å². The molecule has 3 rings (SSSR count). The maximum Gasteiger partial charge on any atom is 0.312 e. The Labute approximate surface area is 153 Å². The molecule has 140 valence electrons. The van der Waals surface area contributed by atoms with E-state index < -0.39 is 11.8 Å². The highest BCUT2D eigenvalue weighted by molar-refractivity contribution is 6.35. The maximum atomic E-state index is 13.0. The Kier molecular flexibility index (Phi) is 5.41. The van der Waals surface area contributed by atoms with Crippen molar-refractivity contribution in [2.45, 2.75) is 44.2 Å². The molecule has 1 fully saturated rings. The number of rotatable bonds is 4. The third-order valence-electron chi connectivity index (χ3n) is 5.65. The topological polar surface area (TPSA) is 58.6 Å². The van der Waals surface area contributed by atoms with Crippen LogP contribution in [0.1, 0.15) is 38.2 Å². The summed E-state index contributed by atoms with van der Waals surface area (Å²) in [4.78, 5) is 26.3. The first-order valence-electron chi connectivity index (χ1n) is 9.05. The monoisotopic (exact) mass is 360 g/mol. The summed E-state index contributed by atoms with van der Waals surface area (Å²) in [6, 6.07) is 6.11. The molecule has 1 N–H and O–H groups in total. The SMILES string of the molecule is COC1(C(C)NC(=O)C(=O)N2CC=C(c3ccc(F)cc3)CC2)CCC1. The van der Waals surface area contributed by atoms with Crippen LogP contribution in [0.4, 0.5) is 4.39 Å². The molecule has 1 unspecified atom stereocenters. The second-order valence-electron chi connectivity index (χ2n) is 7.06. The molecule has 1 aliphatic heterocycles. The highest BCUT2D eigenvalue weighted by Crippen LogP contribution is 2.37. The van der Waals surface area contributed by atoms with Crippen molar-refractivity contribution in [3.8, 4) is 0 Å². The zero-order valence-electron chi connectivity index (χ0n) is 15.3. The van der Waals surface area contributed by atoms with Crippen molar-refractivity contribution in [2.24, 2.45) is 0 Å². The molecule has 0 aromatic heterocycles. The Hall–Kier alpha value is -2.21. The summed E-state index contributed by atoms with van der Waals surface area (Å²) in [5.41, 5.74) is 1.67. The first kappa shape index (κ1) is 18.6. The fourth-order valence-corrected chi connectivity index (χ4v) is 3.65. The van der Waals surface area contributed by atoms with E-state index in [2.05, 4.69) is 5.32 Å². The van der Waals surface area contributed by atoms with Crippen molar-refractivity contribution in [3.63, 3.8) is 0 Å². The number of hydrogen-bond acceptors (Lipinski definition) is 3. The Morgan fingerprint density at radius 2 is 1.96 bits per heavy atom. The van der Waals surface area contributed by atoms with Crippen LogP contribution < -0.4 is 5.32 Å². The van der Waals surface area contributed by atoms with Crippen LogP contribution in [-0.2, 0) is 14.3 Å². The molecule has 0 radical (unpaired) electrons. The van der Waals surface area contributed by atoms with Gasteiger partial charge in [0.15, 0.2) is 0 Å². The molecule has 1 aromatic rings. The molecule has 1 saturated carbocycles. The first-order chi connectivity index (χ1) is 12.4. The molecule has 26 heavy (non-hydrogen) atoms. The second-order valence-corrected chi connectivity index (χ2v) is 7.06. The van der Waals surface area contributed by atoms with Gasteiger partial charge >= 0.3 is 11.8 Å². The van der Waals surface area contributed by atoms with Gasteiger partial charge in [0, 0.05) is 20.2 Å². The highest BCUT2D eigenvalue weighted by atomic mass is 19.1. The molecule has 0 bridgehead atoms. The highest BCUT2D eigenvalue weighted by Gasteiger charge is 2.43. The van der Waals surface area contributed by atoms with Crippen molar-refractivity contribution < 1.29 is 18.7 Å². The molecular formula is C20H25FN2O3. The third-order valence-corrected chi connectivity index (χ3v) is 5.65. The lowest BCUT2D eigenvalue weighted by Gasteiger charge is -2.45. The fraction of sp³-hybridized carbons (Fsp3) is 0.500. The van der Waals surface area contributed by atoms with Gasteiger partial charge < -0.3 is 15.0 Å². The van der Waals surface area contributed by atoms with Gasteiger partial charge in [-0.15, -0.1) is 0 Å². The smallest absolute Gasteiger partial charge is 0.312 e. The van der Waals surface area contributed by atoms with Gasteiger partial charge in [-0.1, -0.05) is 18.2 Å². The van der Waals surface area contributed by atoms with Gasteiger partial charge in [-0.05, 0) is 55.9 Å². The first-order valence-corrected chi connectivity index (χ1v) is 9.05. The largest absolute Gasteiger partial charge is 0.376 e. The van der Waals surface area contributed by atoms with Gasteiger partial charge in [0.1, 0.15) is 5.82 Å². The number of nitrogens with zero attached hydrogens (tertiary/aromatic N) is 1. The Balaban J connectivity index is 1.57. The molecule has 0 spiro atoms. The summed E-state index contributed by atoms with van der Waals surface area (Å²) in [6.07, 6.45) is 5.43. The van der Waals surface area contributed by atoms with Crippen LogP contribution in [0.5, 0.6) is 0 Å². The summed E-state index contributed by atoms with van der Waals surface area (Å²) in [7, 11) is 1.65. The summed E-state index contributed by atoms with van der Waals surface area (Å²) >= 11 is 0. The molecule has 2 amide bonds. The molecule has 1 aliphatic carbocycles. The maximum absolute atomic E-state index is 13.0. The van der Waals surface area contributed by atoms with Gasteiger partial charge in [-0.3, -0.25) is 9.59 Å². The molecule has 1 atom stereocenters. The van der Waals surface area contributed by atoms with Crippen molar-refractivity contribution in [3.05, 3.63) is 41.7 Å². The lowest BCUT2D eigenvalue weighted by Crippen LogP contribution is -2.58. The quantitative estimate of drug-likeness (QED) is 0.840. The zero-order chi connectivity index (χ0) is 18.7. The molecule has 1 heterocycles. The Morgan fingerprint density at radius 3 is 2.46 bits per heavy atom. The number of hydrogen-bond donors (Lipinski definition) is 1. The van der Waals surface area contributed by atoms with Crippen LogP contribution in [0, 0.1) is 5.82 Å². The van der Waals surface area contributed by atoms with Gasteiger partial charge in [0.05, 0.1) is 11.6 Å².